The van der Waals surface area contributed by atoms with Crippen LogP contribution in [0.4, 0.5) is 4.39 Å². The summed E-state index contributed by atoms with van der Waals surface area (Å²) in [6.45, 7) is 1.95. The molecule has 0 unspecified atom stereocenters. The van der Waals surface area contributed by atoms with E-state index in [0.29, 0.717) is 11.5 Å². The van der Waals surface area contributed by atoms with Crippen LogP contribution in [-0.2, 0) is 6.42 Å². The molecule has 1 saturated heterocycles. The summed E-state index contributed by atoms with van der Waals surface area (Å²) >= 11 is 0. The Bertz CT molecular complexity index is 310. The maximum Gasteiger partial charge on any atom is 0.130 e. The molecule has 1 aliphatic rings. The van der Waals surface area contributed by atoms with Crippen LogP contribution in [0.15, 0.2) is 18.2 Å². The Morgan fingerprint density at radius 3 is 2.77 bits per heavy atom. The van der Waals surface area contributed by atoms with Crippen molar-refractivity contribution in [2.45, 2.75) is 6.42 Å². The van der Waals surface area contributed by atoms with Gasteiger partial charge in [0.2, 0.25) is 0 Å². The first-order chi connectivity index (χ1) is 6.25. The van der Waals surface area contributed by atoms with Gasteiger partial charge in [0.05, 0.1) is 0 Å². The first-order valence-electron chi connectivity index (χ1n) is 4.44. The average molecular weight is 181 g/mol. The van der Waals surface area contributed by atoms with Gasteiger partial charge in [0.15, 0.2) is 0 Å². The predicted molar refractivity (Wildman–Crippen MR) is 48.1 cm³/mol. The summed E-state index contributed by atoms with van der Waals surface area (Å²) in [5.74, 6) is 0.249. The minimum absolute atomic E-state index is 0.00650. The van der Waals surface area contributed by atoms with Gasteiger partial charge in [0.25, 0.3) is 0 Å². The summed E-state index contributed by atoms with van der Waals surface area (Å²) in [5, 5.41) is 12.1. The zero-order chi connectivity index (χ0) is 9.26. The number of benzene rings is 1. The monoisotopic (exact) mass is 181 g/mol. The van der Waals surface area contributed by atoms with Crippen LogP contribution >= 0.6 is 0 Å². The molecule has 1 aliphatic heterocycles. The number of hydrogen-bond acceptors (Lipinski definition) is 2. The Morgan fingerprint density at radius 2 is 2.23 bits per heavy atom. The van der Waals surface area contributed by atoms with Gasteiger partial charge >= 0.3 is 0 Å². The third kappa shape index (κ3) is 1.80. The van der Waals surface area contributed by atoms with Gasteiger partial charge in [0, 0.05) is 6.07 Å². The van der Waals surface area contributed by atoms with Gasteiger partial charge in [-0.15, -0.1) is 0 Å². The first kappa shape index (κ1) is 8.51. The Kier molecular flexibility index (Phi) is 2.19. The molecule has 2 nitrogen and oxygen atoms in total. The van der Waals surface area contributed by atoms with Gasteiger partial charge in [-0.25, -0.2) is 4.39 Å². The number of halogens is 1. The van der Waals surface area contributed by atoms with Crippen LogP contribution in [0.5, 0.6) is 5.75 Å². The highest BCUT2D eigenvalue weighted by Crippen LogP contribution is 2.19. The predicted octanol–water partition coefficient (Wildman–Crippen LogP) is 1.29. The summed E-state index contributed by atoms with van der Waals surface area (Å²) < 4.78 is 13.2. The molecule has 1 aromatic carbocycles. The molecule has 70 valence electrons. The van der Waals surface area contributed by atoms with Crippen molar-refractivity contribution < 1.29 is 9.50 Å². The lowest BCUT2D eigenvalue weighted by molar-refractivity contribution is 0.342. The van der Waals surface area contributed by atoms with Crippen LogP contribution < -0.4 is 5.32 Å². The van der Waals surface area contributed by atoms with E-state index in [9.17, 15) is 4.39 Å². The van der Waals surface area contributed by atoms with Crippen molar-refractivity contribution in [3.63, 3.8) is 0 Å². The molecule has 0 saturated carbocycles. The highest BCUT2D eigenvalue weighted by atomic mass is 19.1. The van der Waals surface area contributed by atoms with Crippen molar-refractivity contribution in [3.8, 4) is 5.75 Å². The van der Waals surface area contributed by atoms with Gasteiger partial charge in [-0.1, -0.05) is 6.07 Å². The molecule has 0 spiro atoms. The molecular formula is C10H12FNO. The molecule has 3 heteroatoms. The van der Waals surface area contributed by atoms with Gasteiger partial charge in [-0.2, -0.15) is 0 Å². The maximum absolute atomic E-state index is 13.2. The molecule has 0 atom stereocenters. The second-order valence-electron chi connectivity index (χ2n) is 3.50. The fraction of sp³-hybridized carbons (Fsp3) is 0.400. The summed E-state index contributed by atoms with van der Waals surface area (Å²) in [4.78, 5) is 0. The second-order valence-corrected chi connectivity index (χ2v) is 3.50. The zero-order valence-electron chi connectivity index (χ0n) is 7.26. The van der Waals surface area contributed by atoms with Crippen LogP contribution in [0.1, 0.15) is 5.56 Å². The van der Waals surface area contributed by atoms with Crippen LogP contribution in [0.3, 0.4) is 0 Å². The second kappa shape index (κ2) is 3.34. The summed E-state index contributed by atoms with van der Waals surface area (Å²) in [5.41, 5.74) is 0.698. The Balaban J connectivity index is 2.10. The molecular weight excluding hydrogens is 169 g/mol. The number of phenols is 1. The summed E-state index contributed by atoms with van der Waals surface area (Å²) in [6.07, 6.45) is 0.763. The van der Waals surface area contributed by atoms with Gasteiger partial charge in [-0.05, 0) is 37.1 Å². The van der Waals surface area contributed by atoms with E-state index in [1.165, 1.54) is 12.1 Å². The average Bonchev–Trinajstić information content (AvgIpc) is 1.99. The third-order valence-corrected chi connectivity index (χ3v) is 2.41. The van der Waals surface area contributed by atoms with E-state index in [1.807, 2.05) is 0 Å². The number of aromatic hydroxyl groups is 1. The van der Waals surface area contributed by atoms with E-state index < -0.39 is 0 Å². The van der Waals surface area contributed by atoms with Crippen molar-refractivity contribution in [2.24, 2.45) is 5.92 Å². The van der Waals surface area contributed by atoms with Gasteiger partial charge < -0.3 is 10.4 Å². The topological polar surface area (TPSA) is 32.3 Å². The third-order valence-electron chi connectivity index (χ3n) is 2.41. The smallest absolute Gasteiger partial charge is 0.130 e. The standard InChI is InChI=1S/C10H12FNO/c11-10-4-9(13)2-1-8(10)3-7-5-12-6-7/h1-2,4,7,12-13H,3,5-6H2. The molecule has 2 N–H and O–H groups in total. The van der Waals surface area contributed by atoms with Crippen molar-refractivity contribution in [2.75, 3.05) is 13.1 Å². The Labute approximate surface area is 76.4 Å². The number of hydrogen-bond donors (Lipinski definition) is 2. The van der Waals surface area contributed by atoms with E-state index in [0.717, 1.165) is 19.5 Å². The SMILES string of the molecule is Oc1ccc(CC2CNC2)c(F)c1. The minimum Gasteiger partial charge on any atom is -0.508 e. The molecule has 1 fully saturated rings. The van der Waals surface area contributed by atoms with E-state index in [4.69, 9.17) is 5.11 Å². The molecule has 0 bridgehead atoms. The quantitative estimate of drug-likeness (QED) is 0.720. The number of rotatable bonds is 2. The van der Waals surface area contributed by atoms with E-state index >= 15 is 0 Å². The summed E-state index contributed by atoms with van der Waals surface area (Å²) in [7, 11) is 0. The maximum atomic E-state index is 13.2. The molecule has 0 amide bonds. The molecule has 0 aliphatic carbocycles. The highest BCUT2D eigenvalue weighted by Gasteiger charge is 2.18. The lowest BCUT2D eigenvalue weighted by Gasteiger charge is -2.27. The molecule has 0 radical (unpaired) electrons. The zero-order valence-corrected chi connectivity index (χ0v) is 7.26. The van der Waals surface area contributed by atoms with Crippen LogP contribution in [-0.4, -0.2) is 18.2 Å². The lowest BCUT2D eigenvalue weighted by atomic mass is 9.94. The number of nitrogens with one attached hydrogen (secondary N) is 1. The molecule has 2 rings (SSSR count). The lowest BCUT2D eigenvalue weighted by Crippen LogP contribution is -2.43. The molecule has 13 heavy (non-hydrogen) atoms. The van der Waals surface area contributed by atoms with Crippen LogP contribution in [0.2, 0.25) is 0 Å². The van der Waals surface area contributed by atoms with Crippen molar-refractivity contribution >= 4 is 0 Å². The van der Waals surface area contributed by atoms with E-state index in [-0.39, 0.29) is 11.6 Å². The van der Waals surface area contributed by atoms with Gasteiger partial charge in [0.1, 0.15) is 11.6 Å². The molecule has 1 heterocycles. The van der Waals surface area contributed by atoms with E-state index in [1.54, 1.807) is 6.07 Å². The Hall–Kier alpha value is -1.09. The fourth-order valence-electron chi connectivity index (χ4n) is 1.51. The largest absolute Gasteiger partial charge is 0.508 e. The minimum atomic E-state index is -0.299. The van der Waals surface area contributed by atoms with Crippen molar-refractivity contribution in [1.82, 2.24) is 5.32 Å². The Morgan fingerprint density at radius 1 is 1.46 bits per heavy atom. The summed E-state index contributed by atoms with van der Waals surface area (Å²) in [6, 6.07) is 4.36. The van der Waals surface area contributed by atoms with Crippen molar-refractivity contribution in [1.29, 1.82) is 0 Å². The van der Waals surface area contributed by atoms with Crippen LogP contribution in [0.25, 0.3) is 0 Å². The first-order valence-corrected chi connectivity index (χ1v) is 4.44. The van der Waals surface area contributed by atoms with Gasteiger partial charge in [-0.3, -0.25) is 0 Å². The fourth-order valence-corrected chi connectivity index (χ4v) is 1.51. The molecule has 1 aromatic rings. The van der Waals surface area contributed by atoms with E-state index in [2.05, 4.69) is 5.32 Å². The number of phenolic OH excluding ortho intramolecular Hbond substituents is 1. The van der Waals surface area contributed by atoms with Crippen LogP contribution in [0, 0.1) is 11.7 Å². The highest BCUT2D eigenvalue weighted by molar-refractivity contribution is 5.28. The normalized spacial score (nSPS) is 17.0. The van der Waals surface area contributed by atoms with Crippen molar-refractivity contribution in [3.05, 3.63) is 29.6 Å². The molecule has 0 aromatic heterocycles.